The van der Waals surface area contributed by atoms with E-state index in [4.69, 9.17) is 0 Å². The lowest BCUT2D eigenvalue weighted by Crippen LogP contribution is -2.38. The third-order valence-electron chi connectivity index (χ3n) is 5.01. The topological polar surface area (TPSA) is 84.1 Å². The highest BCUT2D eigenvalue weighted by Crippen LogP contribution is 2.22. The van der Waals surface area contributed by atoms with Gasteiger partial charge < -0.3 is 16.0 Å². The van der Waals surface area contributed by atoms with Crippen LogP contribution in [0.1, 0.15) is 12.8 Å². The maximum Gasteiger partial charge on any atom is 0.247 e. The molecule has 4 aromatic rings. The summed E-state index contributed by atoms with van der Waals surface area (Å²) in [6, 6.07) is 12.5. The van der Waals surface area contributed by atoms with Crippen molar-refractivity contribution in [1.29, 1.82) is 0 Å². The number of rotatable bonds is 4. The van der Waals surface area contributed by atoms with E-state index in [0.29, 0.717) is 12.0 Å². The summed E-state index contributed by atoms with van der Waals surface area (Å²) in [4.78, 5) is 4.61. The number of anilines is 3. The fourth-order valence-electron chi connectivity index (χ4n) is 3.60. The lowest BCUT2D eigenvalue weighted by atomic mass is 10.1. The first-order valence-electron chi connectivity index (χ1n) is 9.28. The third kappa shape index (κ3) is 3.08. The van der Waals surface area contributed by atoms with E-state index in [-0.39, 0.29) is 0 Å². The quantitative estimate of drug-likeness (QED) is 0.517. The van der Waals surface area contributed by atoms with Crippen LogP contribution in [0.25, 0.3) is 16.6 Å². The maximum absolute atomic E-state index is 4.65. The van der Waals surface area contributed by atoms with Crippen LogP contribution in [-0.4, -0.2) is 43.5 Å². The summed E-state index contributed by atoms with van der Waals surface area (Å²) in [5, 5.41) is 20.4. The Morgan fingerprint density at radius 2 is 2.19 bits per heavy atom. The van der Waals surface area contributed by atoms with Gasteiger partial charge >= 0.3 is 0 Å². The Bertz CT molecular complexity index is 1090. The van der Waals surface area contributed by atoms with Gasteiger partial charge in [0.15, 0.2) is 5.65 Å². The second-order valence-electron chi connectivity index (χ2n) is 6.97. The second-order valence-corrected chi connectivity index (χ2v) is 6.97. The fourth-order valence-corrected chi connectivity index (χ4v) is 3.60. The number of piperidine rings is 1. The summed E-state index contributed by atoms with van der Waals surface area (Å²) in [5.41, 5.74) is 2.82. The first kappa shape index (κ1) is 16.1. The zero-order valence-corrected chi connectivity index (χ0v) is 15.2. The van der Waals surface area contributed by atoms with Crippen LogP contribution >= 0.6 is 0 Å². The number of benzene rings is 1. The molecule has 138 valence electrons. The van der Waals surface area contributed by atoms with Crippen LogP contribution in [0.3, 0.4) is 0 Å². The molecule has 0 amide bonds. The van der Waals surface area contributed by atoms with Gasteiger partial charge in [0.05, 0.1) is 11.7 Å². The van der Waals surface area contributed by atoms with Crippen molar-refractivity contribution in [3.8, 4) is 0 Å². The van der Waals surface area contributed by atoms with Gasteiger partial charge in [-0.05, 0) is 49.7 Å². The zero-order valence-electron chi connectivity index (χ0n) is 15.2. The van der Waals surface area contributed by atoms with Crippen LogP contribution in [0.5, 0.6) is 0 Å². The van der Waals surface area contributed by atoms with Crippen molar-refractivity contribution in [3.05, 3.63) is 42.6 Å². The molecule has 0 radical (unpaired) electrons. The highest BCUT2D eigenvalue weighted by molar-refractivity contribution is 5.83. The molecule has 8 heteroatoms. The Kier molecular flexibility index (Phi) is 3.90. The molecule has 5 rings (SSSR count). The molecule has 0 aliphatic carbocycles. The molecule has 1 fully saturated rings. The van der Waals surface area contributed by atoms with E-state index in [1.165, 1.54) is 6.42 Å². The van der Waals surface area contributed by atoms with Crippen molar-refractivity contribution in [1.82, 2.24) is 29.7 Å². The van der Waals surface area contributed by atoms with Gasteiger partial charge in [0.2, 0.25) is 5.95 Å². The standard InChI is InChI=1S/C19H22N8/c1-26-16-10-14(8-7-13(16)11-21-26)23-19-24-18-6-2-5-17(27(18)25-19)22-15-4-3-9-20-12-15/h2,5-8,10-11,15,20,22H,3-4,9,12H2,1H3,(H,23,25)/t15-/m1/s1. The van der Waals surface area contributed by atoms with Crippen LogP contribution in [-0.2, 0) is 7.05 Å². The number of nitrogens with one attached hydrogen (secondary N) is 3. The summed E-state index contributed by atoms with van der Waals surface area (Å²) in [6.07, 6.45) is 4.21. The molecule has 1 aromatic carbocycles. The summed E-state index contributed by atoms with van der Waals surface area (Å²) in [6.45, 7) is 2.07. The minimum Gasteiger partial charge on any atom is -0.366 e. The number of hydrogen-bond donors (Lipinski definition) is 3. The third-order valence-corrected chi connectivity index (χ3v) is 5.01. The Morgan fingerprint density at radius 3 is 3.07 bits per heavy atom. The molecule has 1 aliphatic rings. The van der Waals surface area contributed by atoms with E-state index in [2.05, 4.69) is 37.2 Å². The van der Waals surface area contributed by atoms with Crippen LogP contribution in [0.2, 0.25) is 0 Å². The Balaban J connectivity index is 1.43. The molecular formula is C19H22N8. The molecule has 0 unspecified atom stereocenters. The lowest BCUT2D eigenvalue weighted by molar-refractivity contribution is 0.478. The van der Waals surface area contributed by atoms with Crippen LogP contribution in [0.15, 0.2) is 42.6 Å². The van der Waals surface area contributed by atoms with Gasteiger partial charge in [-0.2, -0.15) is 14.6 Å². The molecule has 3 N–H and O–H groups in total. The first-order chi connectivity index (χ1) is 13.3. The van der Waals surface area contributed by atoms with E-state index in [1.54, 1.807) is 0 Å². The van der Waals surface area contributed by atoms with Gasteiger partial charge in [-0.15, -0.1) is 5.10 Å². The number of aryl methyl sites for hydroxylation is 1. The summed E-state index contributed by atoms with van der Waals surface area (Å²) in [5.74, 6) is 1.54. The van der Waals surface area contributed by atoms with E-state index >= 15 is 0 Å². The predicted molar refractivity (Wildman–Crippen MR) is 106 cm³/mol. The van der Waals surface area contributed by atoms with Crippen LogP contribution < -0.4 is 16.0 Å². The minimum absolute atomic E-state index is 0.414. The number of hydrogen-bond acceptors (Lipinski definition) is 6. The van der Waals surface area contributed by atoms with Gasteiger partial charge in [0.25, 0.3) is 0 Å². The number of aromatic nitrogens is 5. The average molecular weight is 362 g/mol. The average Bonchev–Trinajstić information content (AvgIpc) is 3.27. The van der Waals surface area contributed by atoms with E-state index in [0.717, 1.165) is 47.6 Å². The normalized spacial score (nSPS) is 17.4. The molecule has 0 spiro atoms. The monoisotopic (exact) mass is 362 g/mol. The van der Waals surface area contributed by atoms with Crippen LogP contribution in [0.4, 0.5) is 17.5 Å². The molecule has 0 bridgehead atoms. The largest absolute Gasteiger partial charge is 0.366 e. The molecule has 8 nitrogen and oxygen atoms in total. The van der Waals surface area contributed by atoms with Gasteiger partial charge in [0, 0.05) is 30.7 Å². The summed E-state index contributed by atoms with van der Waals surface area (Å²) < 4.78 is 3.72. The number of pyridine rings is 1. The molecule has 1 atom stereocenters. The maximum atomic E-state index is 4.65. The van der Waals surface area contributed by atoms with E-state index < -0.39 is 0 Å². The predicted octanol–water partition coefficient (Wildman–Crippen LogP) is 2.52. The highest BCUT2D eigenvalue weighted by atomic mass is 15.4. The smallest absolute Gasteiger partial charge is 0.247 e. The minimum atomic E-state index is 0.414. The van der Waals surface area contributed by atoms with Crippen molar-refractivity contribution in [2.75, 3.05) is 23.7 Å². The molecule has 1 saturated heterocycles. The molecule has 27 heavy (non-hydrogen) atoms. The first-order valence-corrected chi connectivity index (χ1v) is 9.28. The lowest BCUT2D eigenvalue weighted by Gasteiger charge is -2.24. The van der Waals surface area contributed by atoms with Crippen molar-refractivity contribution < 1.29 is 0 Å². The number of fused-ring (bicyclic) bond motifs is 2. The van der Waals surface area contributed by atoms with Crippen molar-refractivity contribution in [2.24, 2.45) is 7.05 Å². The van der Waals surface area contributed by atoms with Crippen molar-refractivity contribution in [3.63, 3.8) is 0 Å². The second kappa shape index (κ2) is 6.55. The van der Waals surface area contributed by atoms with E-state index in [9.17, 15) is 0 Å². The van der Waals surface area contributed by atoms with E-state index in [1.807, 2.05) is 52.8 Å². The zero-order chi connectivity index (χ0) is 18.2. The Morgan fingerprint density at radius 1 is 1.22 bits per heavy atom. The molecule has 3 aromatic heterocycles. The summed E-state index contributed by atoms with van der Waals surface area (Å²) in [7, 11) is 1.94. The van der Waals surface area contributed by atoms with Crippen LogP contribution in [0, 0.1) is 0 Å². The van der Waals surface area contributed by atoms with Crippen molar-refractivity contribution >= 4 is 34.0 Å². The van der Waals surface area contributed by atoms with Gasteiger partial charge in [0.1, 0.15) is 5.82 Å². The molecular weight excluding hydrogens is 340 g/mol. The van der Waals surface area contributed by atoms with Gasteiger partial charge in [-0.3, -0.25) is 4.68 Å². The number of nitrogens with zero attached hydrogens (tertiary/aromatic N) is 5. The molecule has 1 aliphatic heterocycles. The molecule has 4 heterocycles. The highest BCUT2D eigenvalue weighted by Gasteiger charge is 2.15. The summed E-state index contributed by atoms with van der Waals surface area (Å²) >= 11 is 0. The van der Waals surface area contributed by atoms with Gasteiger partial charge in [-0.1, -0.05) is 6.07 Å². The Labute approximate surface area is 156 Å². The SMILES string of the molecule is Cn1ncc2ccc(Nc3nc4cccc(N[C@@H]5CCCNC5)n4n3)cc21. The fraction of sp³-hybridized carbons (Fsp3) is 0.316. The van der Waals surface area contributed by atoms with Gasteiger partial charge in [-0.25, -0.2) is 0 Å². The molecule has 0 saturated carbocycles. The Hall–Kier alpha value is -3.13. The van der Waals surface area contributed by atoms with Crippen molar-refractivity contribution in [2.45, 2.75) is 18.9 Å².